The van der Waals surface area contributed by atoms with Gasteiger partial charge < -0.3 is 19.5 Å². The molecular weight excluding hydrogens is 542 g/mol. The molecule has 11 nitrogen and oxygen atoms in total. The van der Waals surface area contributed by atoms with Crippen LogP contribution >= 0.6 is 0 Å². The van der Waals surface area contributed by atoms with E-state index in [2.05, 4.69) is 27.5 Å². The fraction of sp³-hybridized carbons (Fsp3) is 0.194. The average Bonchev–Trinajstić information content (AvgIpc) is 3.34. The minimum atomic E-state index is -1.41. The van der Waals surface area contributed by atoms with Gasteiger partial charge in [-0.3, -0.25) is 20.4 Å². The number of hydrogen-bond acceptors (Lipinski definition) is 8. The van der Waals surface area contributed by atoms with Crippen molar-refractivity contribution >= 4 is 29.8 Å². The van der Waals surface area contributed by atoms with Crippen molar-refractivity contribution in [2.45, 2.75) is 18.4 Å². The number of amides is 3. The van der Waals surface area contributed by atoms with Gasteiger partial charge in [0.2, 0.25) is 5.91 Å². The fourth-order valence-corrected chi connectivity index (χ4v) is 4.53. The molecule has 1 atom stereocenters. The first-order valence-corrected chi connectivity index (χ1v) is 13.0. The number of carbonyl (C=O) groups excluding carboxylic acids is 5. The van der Waals surface area contributed by atoms with Crippen LogP contribution in [0.2, 0.25) is 0 Å². The summed E-state index contributed by atoms with van der Waals surface area (Å²) in [6.07, 6.45) is -0.129. The summed E-state index contributed by atoms with van der Waals surface area (Å²) in [6, 6.07) is 19.8. The monoisotopic (exact) mass is 571 g/mol. The highest BCUT2D eigenvalue weighted by Crippen LogP contribution is 2.44. The van der Waals surface area contributed by atoms with E-state index >= 15 is 0 Å². The summed E-state index contributed by atoms with van der Waals surface area (Å²) in [5.41, 5.74) is 8.97. The molecule has 3 aromatic rings. The minimum absolute atomic E-state index is 0.00527. The van der Waals surface area contributed by atoms with Crippen molar-refractivity contribution in [1.82, 2.24) is 16.2 Å². The van der Waals surface area contributed by atoms with E-state index in [1.54, 1.807) is 0 Å². The zero-order chi connectivity index (χ0) is 30.1. The number of esters is 2. The number of rotatable bonds is 10. The molecule has 0 saturated heterocycles. The number of methoxy groups -OCH3 is 1. The molecule has 0 spiro atoms. The van der Waals surface area contributed by atoms with Crippen LogP contribution in [0.15, 0.2) is 85.5 Å². The first-order valence-electron chi connectivity index (χ1n) is 13.0. The van der Waals surface area contributed by atoms with E-state index in [0.717, 1.165) is 22.3 Å². The van der Waals surface area contributed by atoms with Crippen molar-refractivity contribution in [3.63, 3.8) is 0 Å². The van der Waals surface area contributed by atoms with Gasteiger partial charge in [0, 0.05) is 11.5 Å². The molecule has 0 bridgehead atoms. The van der Waals surface area contributed by atoms with E-state index in [1.165, 1.54) is 37.5 Å². The van der Waals surface area contributed by atoms with E-state index in [1.807, 2.05) is 48.5 Å². The highest BCUT2D eigenvalue weighted by Gasteiger charge is 2.30. The van der Waals surface area contributed by atoms with Crippen molar-refractivity contribution in [2.24, 2.45) is 0 Å². The van der Waals surface area contributed by atoms with Crippen LogP contribution in [0.5, 0.6) is 0 Å². The second kappa shape index (κ2) is 13.8. The summed E-state index contributed by atoms with van der Waals surface area (Å²) in [7, 11) is 1.24. The zero-order valence-corrected chi connectivity index (χ0v) is 22.8. The van der Waals surface area contributed by atoms with E-state index in [9.17, 15) is 24.0 Å². The SMILES string of the molecule is C=CCOC(=O)[C@H](CC(=O)NNC(=O)c1ccc(C(=O)OC)cc1)NC(=O)OCC1c2ccccc2-c2ccccc21. The van der Waals surface area contributed by atoms with Crippen molar-refractivity contribution in [3.05, 3.63) is 108 Å². The topological polar surface area (TPSA) is 149 Å². The second-order valence-electron chi connectivity index (χ2n) is 9.22. The zero-order valence-electron chi connectivity index (χ0n) is 22.8. The Balaban J connectivity index is 1.34. The molecule has 0 unspecified atom stereocenters. The maximum absolute atomic E-state index is 12.7. The molecular formula is C31H29N3O8. The third kappa shape index (κ3) is 7.00. The third-order valence-electron chi connectivity index (χ3n) is 6.54. The van der Waals surface area contributed by atoms with Gasteiger partial charge in [0.25, 0.3) is 5.91 Å². The molecule has 3 aromatic carbocycles. The molecule has 0 heterocycles. The lowest BCUT2D eigenvalue weighted by molar-refractivity contribution is -0.146. The molecule has 42 heavy (non-hydrogen) atoms. The Kier molecular flexibility index (Phi) is 9.67. The number of ether oxygens (including phenoxy) is 3. The largest absolute Gasteiger partial charge is 0.465 e. The van der Waals surface area contributed by atoms with Gasteiger partial charge in [-0.2, -0.15) is 0 Å². The first kappa shape index (κ1) is 29.5. The molecule has 0 aliphatic heterocycles. The molecule has 1 aliphatic rings. The summed E-state index contributed by atoms with van der Waals surface area (Å²) in [5.74, 6) is -3.10. The molecule has 11 heteroatoms. The Morgan fingerprint density at radius 2 is 1.43 bits per heavy atom. The summed E-state index contributed by atoms with van der Waals surface area (Å²) in [5, 5.41) is 2.38. The number of hydrogen-bond donors (Lipinski definition) is 3. The van der Waals surface area contributed by atoms with Crippen LogP contribution in [0.3, 0.4) is 0 Å². The highest BCUT2D eigenvalue weighted by atomic mass is 16.6. The fourth-order valence-electron chi connectivity index (χ4n) is 4.53. The maximum Gasteiger partial charge on any atom is 0.407 e. The molecule has 0 aromatic heterocycles. The molecule has 3 N–H and O–H groups in total. The molecule has 0 radical (unpaired) electrons. The van der Waals surface area contributed by atoms with Crippen LogP contribution < -0.4 is 16.2 Å². The quantitative estimate of drug-likeness (QED) is 0.145. The number of fused-ring (bicyclic) bond motifs is 3. The van der Waals surface area contributed by atoms with Crippen LogP contribution in [0, 0.1) is 0 Å². The van der Waals surface area contributed by atoms with Gasteiger partial charge in [0.1, 0.15) is 19.3 Å². The van der Waals surface area contributed by atoms with Gasteiger partial charge >= 0.3 is 18.0 Å². The summed E-state index contributed by atoms with van der Waals surface area (Å²) >= 11 is 0. The lowest BCUT2D eigenvalue weighted by Gasteiger charge is -2.19. The van der Waals surface area contributed by atoms with Gasteiger partial charge in [-0.15, -0.1) is 0 Å². The van der Waals surface area contributed by atoms with Crippen LogP contribution in [0.4, 0.5) is 4.79 Å². The lowest BCUT2D eigenvalue weighted by atomic mass is 9.98. The van der Waals surface area contributed by atoms with Gasteiger partial charge in [-0.25, -0.2) is 14.4 Å². The van der Waals surface area contributed by atoms with Crippen LogP contribution in [0.25, 0.3) is 11.1 Å². The van der Waals surface area contributed by atoms with E-state index in [4.69, 9.17) is 9.47 Å². The van der Waals surface area contributed by atoms with Crippen molar-refractivity contribution in [1.29, 1.82) is 0 Å². The normalized spacial score (nSPS) is 12.1. The molecule has 0 saturated carbocycles. The van der Waals surface area contributed by atoms with E-state index in [-0.39, 0.29) is 30.3 Å². The van der Waals surface area contributed by atoms with Gasteiger partial charge in [0.15, 0.2) is 0 Å². The van der Waals surface area contributed by atoms with Crippen molar-refractivity contribution in [3.8, 4) is 11.1 Å². The molecule has 4 rings (SSSR count). The minimum Gasteiger partial charge on any atom is -0.465 e. The summed E-state index contributed by atoms with van der Waals surface area (Å²) < 4.78 is 15.1. The smallest absolute Gasteiger partial charge is 0.407 e. The van der Waals surface area contributed by atoms with Gasteiger partial charge in [0.05, 0.1) is 19.1 Å². The predicted molar refractivity (Wildman–Crippen MR) is 151 cm³/mol. The number of alkyl carbamates (subject to hydrolysis) is 1. The molecule has 3 amide bonds. The number of carbonyl (C=O) groups is 5. The Morgan fingerprint density at radius 1 is 0.833 bits per heavy atom. The Morgan fingerprint density at radius 3 is 2.02 bits per heavy atom. The predicted octanol–water partition coefficient (Wildman–Crippen LogP) is 3.26. The second-order valence-corrected chi connectivity index (χ2v) is 9.22. The first-order chi connectivity index (χ1) is 20.3. The van der Waals surface area contributed by atoms with E-state index < -0.39 is 42.3 Å². The Hall–Kier alpha value is -5.45. The van der Waals surface area contributed by atoms with Crippen molar-refractivity contribution in [2.75, 3.05) is 20.3 Å². The van der Waals surface area contributed by atoms with Crippen LogP contribution in [-0.4, -0.2) is 56.2 Å². The van der Waals surface area contributed by atoms with Crippen LogP contribution in [-0.2, 0) is 23.8 Å². The Bertz CT molecular complexity index is 1460. The standard InChI is InChI=1S/C31H29N3O8/c1-3-16-41-30(38)26(17-27(35)33-34-28(36)19-12-14-20(15-13-19)29(37)40-2)32-31(39)42-18-25-23-10-6-4-8-21(23)22-9-5-7-11-24(22)25/h3-15,25-26H,1,16-18H2,2H3,(H,32,39)(H,33,35)(H,34,36)/t26-/m0/s1. The molecule has 216 valence electrons. The number of benzene rings is 3. The molecule has 0 fully saturated rings. The summed E-state index contributed by atoms with van der Waals surface area (Å²) in [6.45, 7) is 3.35. The number of nitrogens with one attached hydrogen (secondary N) is 3. The maximum atomic E-state index is 12.7. The Labute approximate surface area is 241 Å². The average molecular weight is 572 g/mol. The van der Waals surface area contributed by atoms with E-state index in [0.29, 0.717) is 0 Å². The van der Waals surface area contributed by atoms with Gasteiger partial charge in [-0.05, 0) is 46.5 Å². The van der Waals surface area contributed by atoms with Crippen molar-refractivity contribution < 1.29 is 38.2 Å². The number of hydrazine groups is 1. The highest BCUT2D eigenvalue weighted by molar-refractivity contribution is 5.97. The molecule has 1 aliphatic carbocycles. The third-order valence-corrected chi connectivity index (χ3v) is 6.54. The lowest BCUT2D eigenvalue weighted by Crippen LogP contribution is -2.48. The van der Waals surface area contributed by atoms with Gasteiger partial charge in [-0.1, -0.05) is 61.2 Å². The summed E-state index contributed by atoms with van der Waals surface area (Å²) in [4.78, 5) is 61.8. The van der Waals surface area contributed by atoms with Crippen LogP contribution in [0.1, 0.15) is 44.2 Å².